The summed E-state index contributed by atoms with van der Waals surface area (Å²) in [7, 11) is 1.39. The molecule has 1 heterocycles. The number of Topliss-reactive ketones (excluding diaryl/α,β-unsaturated/α-hetero) is 1. The number of hydrogen-bond acceptors (Lipinski definition) is 3. The summed E-state index contributed by atoms with van der Waals surface area (Å²) in [5.74, 6) is -0.516. The van der Waals surface area contributed by atoms with Crippen LogP contribution in [0.5, 0.6) is 5.75 Å². The van der Waals surface area contributed by atoms with Crippen molar-refractivity contribution in [2.24, 2.45) is 0 Å². The van der Waals surface area contributed by atoms with E-state index in [9.17, 15) is 13.6 Å². The van der Waals surface area contributed by atoms with Gasteiger partial charge in [0, 0.05) is 21.8 Å². The van der Waals surface area contributed by atoms with Crippen molar-refractivity contribution in [3.63, 3.8) is 0 Å². The minimum absolute atomic E-state index is 0.152. The molecule has 0 saturated heterocycles. The molecule has 3 rings (SSSR count). The fraction of sp³-hybridized carbons (Fsp3) is 0.118. The Labute approximate surface area is 130 Å². The van der Waals surface area contributed by atoms with Gasteiger partial charge in [0.1, 0.15) is 5.82 Å². The number of halogens is 2. The molecule has 1 aliphatic rings. The minimum Gasteiger partial charge on any atom is -0.494 e. The third kappa shape index (κ3) is 2.76. The molecule has 2 aromatic rings. The number of rotatable bonds is 2. The molecule has 2 aromatic carbocycles. The molecule has 0 atom stereocenters. The first-order valence-electron chi connectivity index (χ1n) is 6.59. The Morgan fingerprint density at radius 2 is 2.00 bits per heavy atom. The summed E-state index contributed by atoms with van der Waals surface area (Å²) in [6.07, 6.45) is 1.63. The summed E-state index contributed by atoms with van der Waals surface area (Å²) in [5.41, 5.74) is 1.45. The number of benzene rings is 2. The number of thioether (sulfide) groups is 1. The molecule has 0 amide bonds. The molecular formula is C17H12F2O2S. The second-order valence-corrected chi connectivity index (χ2v) is 5.84. The summed E-state index contributed by atoms with van der Waals surface area (Å²) in [6, 6.07) is 8.69. The molecule has 2 nitrogen and oxygen atoms in total. The third-order valence-corrected chi connectivity index (χ3v) is 4.50. The van der Waals surface area contributed by atoms with Crippen molar-refractivity contribution >= 4 is 23.6 Å². The van der Waals surface area contributed by atoms with Crippen molar-refractivity contribution in [2.45, 2.75) is 4.90 Å². The van der Waals surface area contributed by atoms with Gasteiger partial charge < -0.3 is 4.74 Å². The summed E-state index contributed by atoms with van der Waals surface area (Å²) in [6.45, 7) is 0. The van der Waals surface area contributed by atoms with Crippen LogP contribution in [0.3, 0.4) is 0 Å². The maximum Gasteiger partial charge on any atom is 0.191 e. The number of ether oxygens (including phenoxy) is 1. The SMILES string of the molecule is COc1ccc(/C=C2\CSc3ccc(F)cc3C2=O)cc1F. The van der Waals surface area contributed by atoms with Gasteiger partial charge in [0.05, 0.1) is 7.11 Å². The van der Waals surface area contributed by atoms with E-state index < -0.39 is 11.6 Å². The van der Waals surface area contributed by atoms with E-state index in [2.05, 4.69) is 0 Å². The lowest BCUT2D eigenvalue weighted by atomic mass is 10.0. The third-order valence-electron chi connectivity index (χ3n) is 3.38. The van der Waals surface area contributed by atoms with Crippen LogP contribution in [0.25, 0.3) is 6.08 Å². The highest BCUT2D eigenvalue weighted by molar-refractivity contribution is 7.99. The molecule has 0 saturated carbocycles. The standard InChI is InChI=1S/C17H12F2O2S/c1-21-15-4-2-10(7-14(15)19)6-11-9-22-16-5-3-12(18)8-13(16)17(11)20/h2-8H,9H2,1H3/b11-6+. The molecule has 0 aliphatic carbocycles. The van der Waals surface area contributed by atoms with Crippen molar-refractivity contribution in [1.82, 2.24) is 0 Å². The molecule has 5 heteroatoms. The van der Waals surface area contributed by atoms with E-state index in [0.717, 1.165) is 4.90 Å². The molecule has 22 heavy (non-hydrogen) atoms. The van der Waals surface area contributed by atoms with Gasteiger partial charge in [-0.3, -0.25) is 4.79 Å². The highest BCUT2D eigenvalue weighted by Gasteiger charge is 2.23. The van der Waals surface area contributed by atoms with Crippen molar-refractivity contribution in [1.29, 1.82) is 0 Å². The molecule has 0 radical (unpaired) electrons. The molecular weight excluding hydrogens is 306 g/mol. The Bertz CT molecular complexity index is 784. The first-order valence-corrected chi connectivity index (χ1v) is 7.58. The van der Waals surface area contributed by atoms with Crippen LogP contribution in [-0.4, -0.2) is 18.6 Å². The molecule has 0 spiro atoms. The van der Waals surface area contributed by atoms with Crippen LogP contribution in [-0.2, 0) is 0 Å². The topological polar surface area (TPSA) is 26.3 Å². The number of fused-ring (bicyclic) bond motifs is 1. The van der Waals surface area contributed by atoms with Crippen LogP contribution < -0.4 is 4.74 Å². The van der Waals surface area contributed by atoms with E-state index >= 15 is 0 Å². The van der Waals surface area contributed by atoms with Crippen LogP contribution in [0.15, 0.2) is 46.9 Å². The van der Waals surface area contributed by atoms with E-state index in [1.54, 1.807) is 18.2 Å². The van der Waals surface area contributed by atoms with Crippen LogP contribution in [0.1, 0.15) is 15.9 Å². The zero-order valence-electron chi connectivity index (χ0n) is 11.7. The van der Waals surface area contributed by atoms with Crippen molar-refractivity contribution in [2.75, 3.05) is 12.9 Å². The number of carbonyl (C=O) groups excluding carboxylic acids is 1. The average Bonchev–Trinajstić information content (AvgIpc) is 2.51. The van der Waals surface area contributed by atoms with E-state index in [1.165, 1.54) is 43.1 Å². The highest BCUT2D eigenvalue weighted by atomic mass is 32.2. The predicted molar refractivity (Wildman–Crippen MR) is 82.4 cm³/mol. The summed E-state index contributed by atoms with van der Waals surface area (Å²) >= 11 is 1.47. The van der Waals surface area contributed by atoms with Gasteiger partial charge in [-0.15, -0.1) is 11.8 Å². The average molecular weight is 318 g/mol. The fourth-order valence-electron chi connectivity index (χ4n) is 2.28. The zero-order chi connectivity index (χ0) is 15.7. The fourth-order valence-corrected chi connectivity index (χ4v) is 3.28. The second kappa shape index (κ2) is 5.93. The summed E-state index contributed by atoms with van der Waals surface area (Å²) in [4.78, 5) is 13.2. The molecule has 1 aliphatic heterocycles. The summed E-state index contributed by atoms with van der Waals surface area (Å²) < 4.78 is 31.9. The van der Waals surface area contributed by atoms with E-state index in [4.69, 9.17) is 4.74 Å². The predicted octanol–water partition coefficient (Wildman–Crippen LogP) is 4.35. The van der Waals surface area contributed by atoms with E-state index in [0.29, 0.717) is 22.5 Å². The maximum absolute atomic E-state index is 13.7. The van der Waals surface area contributed by atoms with Crippen LogP contribution in [0.2, 0.25) is 0 Å². The molecule has 0 fully saturated rings. The first-order chi connectivity index (χ1) is 10.6. The number of hydrogen-bond donors (Lipinski definition) is 0. The number of carbonyl (C=O) groups is 1. The Kier molecular flexibility index (Phi) is 3.98. The van der Waals surface area contributed by atoms with Gasteiger partial charge in [-0.1, -0.05) is 6.07 Å². The largest absolute Gasteiger partial charge is 0.494 e. The molecule has 0 bridgehead atoms. The highest BCUT2D eigenvalue weighted by Crippen LogP contribution is 2.34. The Balaban J connectivity index is 1.96. The maximum atomic E-state index is 13.7. The van der Waals surface area contributed by atoms with Gasteiger partial charge in [0.2, 0.25) is 0 Å². The molecule has 0 unspecified atom stereocenters. The smallest absolute Gasteiger partial charge is 0.191 e. The van der Waals surface area contributed by atoms with Crippen molar-refractivity contribution < 1.29 is 18.3 Å². The lowest BCUT2D eigenvalue weighted by molar-refractivity contribution is 0.103. The number of ketones is 1. The number of methoxy groups -OCH3 is 1. The Hall–Kier alpha value is -2.14. The normalized spacial score (nSPS) is 15.8. The van der Waals surface area contributed by atoms with Gasteiger partial charge in [-0.25, -0.2) is 8.78 Å². The lowest BCUT2D eigenvalue weighted by Crippen LogP contribution is -2.12. The second-order valence-electron chi connectivity index (χ2n) is 4.82. The monoisotopic (exact) mass is 318 g/mol. The lowest BCUT2D eigenvalue weighted by Gasteiger charge is -2.17. The van der Waals surface area contributed by atoms with Crippen molar-refractivity contribution in [3.8, 4) is 5.75 Å². The zero-order valence-corrected chi connectivity index (χ0v) is 12.5. The quantitative estimate of drug-likeness (QED) is 0.770. The van der Waals surface area contributed by atoms with Gasteiger partial charge >= 0.3 is 0 Å². The van der Waals surface area contributed by atoms with Crippen LogP contribution in [0, 0.1) is 11.6 Å². The Morgan fingerprint density at radius 1 is 1.18 bits per heavy atom. The Morgan fingerprint density at radius 3 is 2.73 bits per heavy atom. The summed E-state index contributed by atoms with van der Waals surface area (Å²) in [5, 5.41) is 0. The van der Waals surface area contributed by atoms with Crippen LogP contribution in [0.4, 0.5) is 8.78 Å². The van der Waals surface area contributed by atoms with Gasteiger partial charge in [-0.05, 0) is 42.0 Å². The molecule has 0 N–H and O–H groups in total. The van der Waals surface area contributed by atoms with E-state index in [-0.39, 0.29) is 11.5 Å². The van der Waals surface area contributed by atoms with E-state index in [1.807, 2.05) is 0 Å². The van der Waals surface area contributed by atoms with Gasteiger partial charge in [0.15, 0.2) is 17.3 Å². The van der Waals surface area contributed by atoms with Crippen LogP contribution >= 0.6 is 11.8 Å². The minimum atomic E-state index is -0.487. The molecule has 0 aromatic heterocycles. The first kappa shape index (κ1) is 14.8. The van der Waals surface area contributed by atoms with Gasteiger partial charge in [-0.2, -0.15) is 0 Å². The van der Waals surface area contributed by atoms with Crippen molar-refractivity contribution in [3.05, 3.63) is 64.7 Å². The van der Waals surface area contributed by atoms with Gasteiger partial charge in [0.25, 0.3) is 0 Å². The molecule has 112 valence electrons.